The van der Waals surface area contributed by atoms with Crippen LogP contribution in [0.25, 0.3) is 16.3 Å². The summed E-state index contributed by atoms with van der Waals surface area (Å²) in [6.45, 7) is 2.04. The van der Waals surface area contributed by atoms with E-state index in [0.29, 0.717) is 0 Å². The Kier molecular flexibility index (Phi) is 5.59. The molecule has 0 atom stereocenters. The van der Waals surface area contributed by atoms with Gasteiger partial charge in [0.25, 0.3) is 11.5 Å². The number of thiazole rings is 1. The van der Waals surface area contributed by atoms with Crippen LogP contribution < -0.4 is 16.6 Å². The molecule has 7 nitrogen and oxygen atoms in total. The van der Waals surface area contributed by atoms with Gasteiger partial charge in [0.05, 0.1) is 17.9 Å². The van der Waals surface area contributed by atoms with Crippen LogP contribution in [0.15, 0.2) is 70.4 Å². The highest BCUT2D eigenvalue weighted by atomic mass is 32.1. The SMILES string of the molecule is Cc1nc(-c2ccccc2)sc1CNC(=O)c1c[nH]c(=O)n(-c2ccc(F)cc2)c1=O. The van der Waals surface area contributed by atoms with E-state index in [-0.39, 0.29) is 17.8 Å². The minimum atomic E-state index is -0.793. The van der Waals surface area contributed by atoms with Crippen LogP contribution in [-0.2, 0) is 6.54 Å². The van der Waals surface area contributed by atoms with E-state index in [0.717, 1.165) is 44.0 Å². The second-order valence-electron chi connectivity index (χ2n) is 6.70. The van der Waals surface area contributed by atoms with Crippen LogP contribution in [-0.4, -0.2) is 20.4 Å². The molecule has 1 amide bonds. The lowest BCUT2D eigenvalue weighted by Gasteiger charge is -2.08. The normalized spacial score (nSPS) is 10.8. The summed E-state index contributed by atoms with van der Waals surface area (Å²) in [5, 5.41) is 3.54. The first-order valence-electron chi connectivity index (χ1n) is 9.34. The number of H-pyrrole nitrogens is 1. The maximum atomic E-state index is 13.2. The maximum absolute atomic E-state index is 13.2. The number of rotatable bonds is 5. The average Bonchev–Trinajstić information content (AvgIpc) is 3.14. The molecule has 9 heteroatoms. The van der Waals surface area contributed by atoms with Gasteiger partial charge < -0.3 is 10.3 Å². The smallest absolute Gasteiger partial charge is 0.333 e. The molecule has 0 unspecified atom stereocenters. The molecule has 4 rings (SSSR count). The molecule has 4 aromatic rings. The summed E-state index contributed by atoms with van der Waals surface area (Å²) >= 11 is 1.46. The van der Waals surface area contributed by atoms with Crippen LogP contribution in [0.5, 0.6) is 0 Å². The van der Waals surface area contributed by atoms with Crippen molar-refractivity contribution >= 4 is 17.2 Å². The molecule has 2 aromatic heterocycles. The molecule has 0 aliphatic rings. The lowest BCUT2D eigenvalue weighted by atomic mass is 10.2. The number of carbonyl (C=O) groups excluding carboxylic acids is 1. The molecule has 156 valence electrons. The molecular formula is C22H17FN4O3S. The first-order valence-corrected chi connectivity index (χ1v) is 10.2. The first-order chi connectivity index (χ1) is 14.9. The van der Waals surface area contributed by atoms with Gasteiger partial charge in [-0.2, -0.15) is 0 Å². The number of halogens is 1. The molecule has 2 heterocycles. The average molecular weight is 436 g/mol. The highest BCUT2D eigenvalue weighted by Crippen LogP contribution is 2.27. The minimum absolute atomic E-state index is 0.160. The van der Waals surface area contributed by atoms with E-state index < -0.39 is 23.0 Å². The zero-order chi connectivity index (χ0) is 22.0. The summed E-state index contributed by atoms with van der Waals surface area (Å²) in [5.74, 6) is -1.14. The third kappa shape index (κ3) is 4.22. The van der Waals surface area contributed by atoms with Crippen molar-refractivity contribution in [2.24, 2.45) is 0 Å². The van der Waals surface area contributed by atoms with Gasteiger partial charge in [0.15, 0.2) is 0 Å². The van der Waals surface area contributed by atoms with E-state index in [1.807, 2.05) is 37.3 Å². The minimum Gasteiger partial charge on any atom is -0.347 e. The summed E-state index contributed by atoms with van der Waals surface area (Å²) in [6, 6.07) is 14.5. The summed E-state index contributed by atoms with van der Waals surface area (Å²) in [5.41, 5.74) is 0.186. The van der Waals surface area contributed by atoms with Crippen LogP contribution in [0.4, 0.5) is 4.39 Å². The fourth-order valence-electron chi connectivity index (χ4n) is 3.01. The molecule has 0 saturated carbocycles. The van der Waals surface area contributed by atoms with Crippen molar-refractivity contribution in [2.75, 3.05) is 0 Å². The largest absolute Gasteiger partial charge is 0.347 e. The van der Waals surface area contributed by atoms with E-state index >= 15 is 0 Å². The lowest BCUT2D eigenvalue weighted by molar-refractivity contribution is 0.0949. The molecule has 0 fully saturated rings. The van der Waals surface area contributed by atoms with Crippen molar-refractivity contribution in [3.8, 4) is 16.3 Å². The number of aromatic nitrogens is 3. The molecule has 0 aliphatic carbocycles. The van der Waals surface area contributed by atoms with E-state index in [2.05, 4.69) is 15.3 Å². The number of hydrogen-bond donors (Lipinski definition) is 2. The van der Waals surface area contributed by atoms with E-state index in [4.69, 9.17) is 0 Å². The van der Waals surface area contributed by atoms with Crippen molar-refractivity contribution in [3.63, 3.8) is 0 Å². The van der Waals surface area contributed by atoms with Crippen LogP contribution in [0, 0.1) is 12.7 Å². The van der Waals surface area contributed by atoms with Crippen LogP contribution in [0.1, 0.15) is 20.9 Å². The Bertz CT molecular complexity index is 1360. The molecule has 0 radical (unpaired) electrons. The second kappa shape index (κ2) is 8.49. The topological polar surface area (TPSA) is 96.8 Å². The van der Waals surface area contributed by atoms with Gasteiger partial charge in [0.2, 0.25) is 0 Å². The van der Waals surface area contributed by atoms with Gasteiger partial charge in [-0.1, -0.05) is 30.3 Å². The number of nitrogens with zero attached hydrogens (tertiary/aromatic N) is 2. The molecule has 2 aromatic carbocycles. The third-order valence-corrected chi connectivity index (χ3v) is 5.84. The fourth-order valence-corrected chi connectivity index (χ4v) is 4.02. The third-order valence-electron chi connectivity index (χ3n) is 4.63. The maximum Gasteiger partial charge on any atom is 0.333 e. The number of nitrogens with one attached hydrogen (secondary N) is 2. The quantitative estimate of drug-likeness (QED) is 0.503. The van der Waals surface area contributed by atoms with Gasteiger partial charge in [-0.05, 0) is 31.2 Å². The first kappa shape index (κ1) is 20.4. The van der Waals surface area contributed by atoms with Gasteiger partial charge >= 0.3 is 5.69 Å². The Morgan fingerprint density at radius 1 is 1.13 bits per heavy atom. The summed E-state index contributed by atoms with van der Waals surface area (Å²) in [4.78, 5) is 45.3. The van der Waals surface area contributed by atoms with Gasteiger partial charge in [0.1, 0.15) is 16.4 Å². The second-order valence-corrected chi connectivity index (χ2v) is 7.78. The zero-order valence-corrected chi connectivity index (χ0v) is 17.2. The molecule has 0 bridgehead atoms. The lowest BCUT2D eigenvalue weighted by Crippen LogP contribution is -2.39. The van der Waals surface area contributed by atoms with Crippen molar-refractivity contribution < 1.29 is 9.18 Å². The highest BCUT2D eigenvalue weighted by Gasteiger charge is 2.17. The van der Waals surface area contributed by atoms with Crippen molar-refractivity contribution in [1.82, 2.24) is 19.9 Å². The molecular weight excluding hydrogens is 419 g/mol. The summed E-state index contributed by atoms with van der Waals surface area (Å²) in [6.07, 6.45) is 1.08. The van der Waals surface area contributed by atoms with Gasteiger partial charge in [0, 0.05) is 16.6 Å². The van der Waals surface area contributed by atoms with Gasteiger partial charge in [-0.15, -0.1) is 11.3 Å². The Morgan fingerprint density at radius 3 is 2.55 bits per heavy atom. The number of aromatic amines is 1. The van der Waals surface area contributed by atoms with Crippen molar-refractivity contribution in [1.29, 1.82) is 0 Å². The van der Waals surface area contributed by atoms with E-state index in [9.17, 15) is 18.8 Å². The molecule has 31 heavy (non-hydrogen) atoms. The summed E-state index contributed by atoms with van der Waals surface area (Å²) in [7, 11) is 0. The van der Waals surface area contributed by atoms with Gasteiger partial charge in [-0.25, -0.2) is 18.7 Å². The number of amides is 1. The molecule has 0 aliphatic heterocycles. The van der Waals surface area contributed by atoms with Crippen LogP contribution in [0.3, 0.4) is 0 Å². The number of aryl methyl sites for hydroxylation is 1. The predicted molar refractivity (Wildman–Crippen MR) is 116 cm³/mol. The molecule has 0 saturated heterocycles. The zero-order valence-electron chi connectivity index (χ0n) is 16.4. The molecule has 2 N–H and O–H groups in total. The predicted octanol–water partition coefficient (Wildman–Crippen LogP) is 3.03. The Morgan fingerprint density at radius 2 is 1.84 bits per heavy atom. The monoisotopic (exact) mass is 436 g/mol. The van der Waals surface area contributed by atoms with E-state index in [1.165, 1.54) is 23.5 Å². The highest BCUT2D eigenvalue weighted by molar-refractivity contribution is 7.15. The Labute approximate surface area is 179 Å². The van der Waals surface area contributed by atoms with Crippen LogP contribution in [0.2, 0.25) is 0 Å². The fraction of sp³-hybridized carbons (Fsp3) is 0.0909. The van der Waals surface area contributed by atoms with Gasteiger partial charge in [-0.3, -0.25) is 9.59 Å². The number of carbonyl (C=O) groups is 1. The van der Waals surface area contributed by atoms with Crippen molar-refractivity contribution in [3.05, 3.63) is 104 Å². The van der Waals surface area contributed by atoms with E-state index in [1.54, 1.807) is 0 Å². The molecule has 0 spiro atoms. The number of hydrogen-bond acceptors (Lipinski definition) is 5. The van der Waals surface area contributed by atoms with Crippen molar-refractivity contribution in [2.45, 2.75) is 13.5 Å². The standard InChI is InChI=1S/C22H17FN4O3S/c1-13-18(31-20(26-13)14-5-3-2-4-6-14)12-24-19(28)17-11-25-22(30)27(21(17)29)16-9-7-15(23)8-10-16/h2-11H,12H2,1H3,(H,24,28)(H,25,30). The Balaban J connectivity index is 1.57. The Hall–Kier alpha value is -3.85. The van der Waals surface area contributed by atoms with Crippen LogP contribution >= 0.6 is 11.3 Å². The summed E-state index contributed by atoms with van der Waals surface area (Å²) < 4.78 is 14.0. The number of benzene rings is 2.